The van der Waals surface area contributed by atoms with Crippen LogP contribution >= 0.6 is 0 Å². The van der Waals surface area contributed by atoms with Crippen molar-refractivity contribution in [3.63, 3.8) is 0 Å². The van der Waals surface area contributed by atoms with Crippen molar-refractivity contribution in [1.82, 2.24) is 19.4 Å². The number of carbonyl (C=O) groups is 1. The Morgan fingerprint density at radius 3 is 2.73 bits per heavy atom. The molecule has 4 heterocycles. The number of furan rings is 1. The van der Waals surface area contributed by atoms with Crippen LogP contribution in [0, 0.1) is 6.92 Å². The third kappa shape index (κ3) is 3.31. The van der Waals surface area contributed by atoms with Gasteiger partial charge in [0.2, 0.25) is 0 Å². The normalized spacial score (nSPS) is 18.0. The van der Waals surface area contributed by atoms with Gasteiger partial charge in [-0.3, -0.25) is 19.1 Å². The minimum atomic E-state index is -0.0658. The van der Waals surface area contributed by atoms with Crippen molar-refractivity contribution in [3.05, 3.63) is 51.6 Å². The largest absolute Gasteiger partial charge is 0.469 e. The van der Waals surface area contributed by atoms with E-state index in [9.17, 15) is 9.59 Å². The molecule has 7 nitrogen and oxygen atoms in total. The molecule has 1 fully saturated rings. The average Bonchev–Trinajstić information content (AvgIpc) is 3.21. The molecule has 0 unspecified atom stereocenters. The van der Waals surface area contributed by atoms with Gasteiger partial charge < -0.3 is 9.32 Å². The van der Waals surface area contributed by atoms with Crippen LogP contribution in [0.15, 0.2) is 27.6 Å². The molecule has 0 aliphatic carbocycles. The lowest BCUT2D eigenvalue weighted by atomic mass is 10.2. The number of hydrogen-bond acceptors (Lipinski definition) is 5. The van der Waals surface area contributed by atoms with Crippen molar-refractivity contribution in [2.75, 3.05) is 19.6 Å². The maximum Gasteiger partial charge on any atom is 0.257 e. The molecular formula is C19H24N4O3. The molecule has 0 saturated carbocycles. The summed E-state index contributed by atoms with van der Waals surface area (Å²) in [5, 5.41) is 0. The van der Waals surface area contributed by atoms with Crippen LogP contribution in [0.25, 0.3) is 0 Å². The zero-order valence-corrected chi connectivity index (χ0v) is 15.1. The Balaban J connectivity index is 1.60. The van der Waals surface area contributed by atoms with Crippen LogP contribution < -0.4 is 5.56 Å². The molecular weight excluding hydrogens is 332 g/mol. The molecule has 0 bridgehead atoms. The van der Waals surface area contributed by atoms with Gasteiger partial charge in [0, 0.05) is 25.7 Å². The standard InChI is InChI=1S/C19H24N4O3/c1-14-16(5-10-26-14)19(25)22-8-4-9-23-17(13-22)20-15(11-18(23)24)12-21-6-2-3-7-21/h5,10-11H,2-4,6-9,12-13H2,1H3. The van der Waals surface area contributed by atoms with Crippen molar-refractivity contribution in [1.29, 1.82) is 0 Å². The van der Waals surface area contributed by atoms with E-state index in [-0.39, 0.29) is 11.5 Å². The van der Waals surface area contributed by atoms with Crippen molar-refractivity contribution in [2.45, 2.75) is 45.8 Å². The van der Waals surface area contributed by atoms with E-state index in [1.165, 1.54) is 19.1 Å². The first-order valence-corrected chi connectivity index (χ1v) is 9.27. The van der Waals surface area contributed by atoms with E-state index >= 15 is 0 Å². The Bertz CT molecular complexity index is 864. The van der Waals surface area contributed by atoms with Gasteiger partial charge in [0.25, 0.3) is 11.5 Å². The predicted octanol–water partition coefficient (Wildman–Crippen LogP) is 1.79. The zero-order chi connectivity index (χ0) is 18.1. The lowest BCUT2D eigenvalue weighted by Crippen LogP contribution is -2.32. The number of likely N-dealkylation sites (tertiary alicyclic amines) is 1. The highest BCUT2D eigenvalue weighted by Gasteiger charge is 2.24. The highest BCUT2D eigenvalue weighted by atomic mass is 16.3. The fraction of sp³-hybridized carbons (Fsp3) is 0.526. The lowest BCUT2D eigenvalue weighted by molar-refractivity contribution is 0.0742. The minimum absolute atomic E-state index is 0.0158. The van der Waals surface area contributed by atoms with E-state index in [2.05, 4.69) is 4.90 Å². The second-order valence-corrected chi connectivity index (χ2v) is 7.11. The minimum Gasteiger partial charge on any atom is -0.469 e. The topological polar surface area (TPSA) is 71.6 Å². The monoisotopic (exact) mass is 356 g/mol. The summed E-state index contributed by atoms with van der Waals surface area (Å²) < 4.78 is 6.98. The van der Waals surface area contributed by atoms with E-state index in [1.807, 2.05) is 0 Å². The van der Waals surface area contributed by atoms with Crippen LogP contribution in [0.4, 0.5) is 0 Å². The molecule has 0 atom stereocenters. The maximum absolute atomic E-state index is 12.8. The molecule has 2 aromatic rings. The first kappa shape index (κ1) is 17.0. The molecule has 0 spiro atoms. The molecule has 0 aromatic carbocycles. The second-order valence-electron chi connectivity index (χ2n) is 7.11. The lowest BCUT2D eigenvalue weighted by Gasteiger charge is -2.20. The van der Waals surface area contributed by atoms with Gasteiger partial charge >= 0.3 is 0 Å². The Labute approximate surface area is 152 Å². The SMILES string of the molecule is Cc1occc1C(=O)N1CCCn2c(nc(CN3CCCC3)cc2=O)C1. The fourth-order valence-corrected chi connectivity index (χ4v) is 3.84. The third-order valence-corrected chi connectivity index (χ3v) is 5.24. The van der Waals surface area contributed by atoms with Crippen LogP contribution in [0.5, 0.6) is 0 Å². The van der Waals surface area contributed by atoms with Crippen molar-refractivity contribution in [2.24, 2.45) is 0 Å². The van der Waals surface area contributed by atoms with Gasteiger partial charge in [-0.15, -0.1) is 0 Å². The van der Waals surface area contributed by atoms with Gasteiger partial charge in [0.15, 0.2) is 0 Å². The van der Waals surface area contributed by atoms with Gasteiger partial charge in [-0.2, -0.15) is 0 Å². The summed E-state index contributed by atoms with van der Waals surface area (Å²) in [4.78, 5) is 34.2. The first-order chi connectivity index (χ1) is 12.6. The summed E-state index contributed by atoms with van der Waals surface area (Å²) in [7, 11) is 0. The predicted molar refractivity (Wildman–Crippen MR) is 95.8 cm³/mol. The van der Waals surface area contributed by atoms with Crippen LogP contribution in [0.2, 0.25) is 0 Å². The van der Waals surface area contributed by atoms with Crippen LogP contribution in [-0.2, 0) is 19.6 Å². The van der Waals surface area contributed by atoms with Gasteiger partial charge in [-0.25, -0.2) is 4.98 Å². The zero-order valence-electron chi connectivity index (χ0n) is 15.1. The molecule has 0 radical (unpaired) electrons. The Morgan fingerprint density at radius 1 is 1.19 bits per heavy atom. The molecule has 138 valence electrons. The Morgan fingerprint density at radius 2 is 2.00 bits per heavy atom. The van der Waals surface area contributed by atoms with E-state index in [0.29, 0.717) is 43.3 Å². The molecule has 0 N–H and O–H groups in total. The van der Waals surface area contributed by atoms with Crippen LogP contribution in [-0.4, -0.2) is 44.9 Å². The number of hydrogen-bond donors (Lipinski definition) is 0. The number of rotatable bonds is 3. The summed E-state index contributed by atoms with van der Waals surface area (Å²) in [6, 6.07) is 3.35. The Kier molecular flexibility index (Phi) is 4.63. The van der Waals surface area contributed by atoms with Gasteiger partial charge in [-0.05, 0) is 45.3 Å². The summed E-state index contributed by atoms with van der Waals surface area (Å²) in [5.41, 5.74) is 1.36. The van der Waals surface area contributed by atoms with E-state index in [4.69, 9.17) is 9.40 Å². The summed E-state index contributed by atoms with van der Waals surface area (Å²) in [5.74, 6) is 1.23. The summed E-state index contributed by atoms with van der Waals surface area (Å²) >= 11 is 0. The van der Waals surface area contributed by atoms with Gasteiger partial charge in [-0.1, -0.05) is 0 Å². The number of aromatic nitrogens is 2. The molecule has 4 rings (SSSR count). The second kappa shape index (κ2) is 7.07. The molecule has 1 saturated heterocycles. The van der Waals surface area contributed by atoms with Gasteiger partial charge in [0.1, 0.15) is 11.6 Å². The molecule has 2 aliphatic rings. The van der Waals surface area contributed by atoms with Crippen molar-refractivity contribution >= 4 is 5.91 Å². The number of carbonyl (C=O) groups excluding carboxylic acids is 1. The molecule has 2 aromatic heterocycles. The first-order valence-electron chi connectivity index (χ1n) is 9.27. The number of amides is 1. The van der Waals surface area contributed by atoms with Crippen molar-refractivity contribution in [3.8, 4) is 0 Å². The van der Waals surface area contributed by atoms with Gasteiger partial charge in [0.05, 0.1) is 24.1 Å². The number of fused-ring (bicyclic) bond motifs is 1. The van der Waals surface area contributed by atoms with Crippen molar-refractivity contribution < 1.29 is 9.21 Å². The summed E-state index contributed by atoms with van der Waals surface area (Å²) in [6.07, 6.45) is 4.68. The number of nitrogens with zero attached hydrogens (tertiary/aromatic N) is 4. The quantitative estimate of drug-likeness (QED) is 0.838. The third-order valence-electron chi connectivity index (χ3n) is 5.24. The summed E-state index contributed by atoms with van der Waals surface area (Å²) in [6.45, 7) is 6.17. The van der Waals surface area contributed by atoms with E-state index in [0.717, 1.165) is 25.2 Å². The number of aryl methyl sites for hydroxylation is 1. The average molecular weight is 356 g/mol. The van der Waals surface area contributed by atoms with Crippen LogP contribution in [0.3, 0.4) is 0 Å². The van der Waals surface area contributed by atoms with E-state index < -0.39 is 0 Å². The molecule has 26 heavy (non-hydrogen) atoms. The molecule has 1 amide bonds. The van der Waals surface area contributed by atoms with Crippen LogP contribution in [0.1, 0.15) is 46.9 Å². The molecule has 2 aliphatic heterocycles. The van der Waals surface area contributed by atoms with E-state index in [1.54, 1.807) is 28.5 Å². The maximum atomic E-state index is 12.8. The highest BCUT2D eigenvalue weighted by Crippen LogP contribution is 2.17. The molecule has 7 heteroatoms. The Hall–Kier alpha value is -2.41. The fourth-order valence-electron chi connectivity index (χ4n) is 3.84. The highest BCUT2D eigenvalue weighted by molar-refractivity contribution is 5.95. The smallest absolute Gasteiger partial charge is 0.257 e.